The molecule has 1 fully saturated rings. The molecule has 1 amide bonds. The molecule has 3 nitrogen and oxygen atoms in total. The second kappa shape index (κ2) is 5.41. The molecule has 0 N–H and O–H groups in total. The van der Waals surface area contributed by atoms with Crippen molar-refractivity contribution < 1.29 is 4.79 Å². The molecule has 18 heavy (non-hydrogen) atoms. The van der Waals surface area contributed by atoms with E-state index in [2.05, 4.69) is 34.9 Å². The van der Waals surface area contributed by atoms with Gasteiger partial charge in [-0.05, 0) is 45.1 Å². The summed E-state index contributed by atoms with van der Waals surface area (Å²) < 4.78 is 0.997. The molecule has 1 aliphatic heterocycles. The predicted octanol–water partition coefficient (Wildman–Crippen LogP) is 2.53. The maximum atomic E-state index is 12.4. The van der Waals surface area contributed by atoms with Gasteiger partial charge in [0.15, 0.2) is 0 Å². The topological polar surface area (TPSA) is 23.6 Å². The number of likely N-dealkylation sites (tertiary alicyclic amines) is 1. The number of hydrogen-bond acceptors (Lipinski definition) is 2. The van der Waals surface area contributed by atoms with Crippen LogP contribution in [-0.4, -0.2) is 48.9 Å². The van der Waals surface area contributed by atoms with E-state index in [-0.39, 0.29) is 5.91 Å². The molecule has 1 aromatic carbocycles. The van der Waals surface area contributed by atoms with Gasteiger partial charge in [0.2, 0.25) is 0 Å². The Hall–Kier alpha value is -0.870. The molecule has 0 spiro atoms. The molecule has 1 aromatic rings. The van der Waals surface area contributed by atoms with Gasteiger partial charge in [0, 0.05) is 29.2 Å². The zero-order chi connectivity index (χ0) is 13.3. The fourth-order valence-corrected chi connectivity index (χ4v) is 2.64. The summed E-state index contributed by atoms with van der Waals surface area (Å²) in [6.45, 7) is 3.71. The summed E-state index contributed by atoms with van der Waals surface area (Å²) in [5, 5.41) is 0. The Bertz CT molecular complexity index is 459. The second-order valence-electron chi connectivity index (χ2n) is 5.12. The number of carbonyl (C=O) groups excluding carboxylic acids is 1. The van der Waals surface area contributed by atoms with Crippen LogP contribution in [0.4, 0.5) is 0 Å². The highest BCUT2D eigenvalue weighted by molar-refractivity contribution is 9.10. The summed E-state index contributed by atoms with van der Waals surface area (Å²) in [6, 6.07) is 6.30. The van der Waals surface area contributed by atoms with Crippen LogP contribution in [0.3, 0.4) is 0 Å². The first-order chi connectivity index (χ1) is 8.49. The number of halogens is 1. The van der Waals surface area contributed by atoms with E-state index in [9.17, 15) is 4.79 Å². The molecule has 0 aliphatic carbocycles. The van der Waals surface area contributed by atoms with Crippen molar-refractivity contribution >= 4 is 21.8 Å². The smallest absolute Gasteiger partial charge is 0.253 e. The highest BCUT2D eigenvalue weighted by atomic mass is 79.9. The van der Waals surface area contributed by atoms with E-state index in [4.69, 9.17) is 0 Å². The molecule has 1 atom stereocenters. The highest BCUT2D eigenvalue weighted by Gasteiger charge is 2.28. The third-order valence-electron chi connectivity index (χ3n) is 3.60. The van der Waals surface area contributed by atoms with Crippen LogP contribution in [0.5, 0.6) is 0 Å². The van der Waals surface area contributed by atoms with Crippen molar-refractivity contribution in [3.05, 3.63) is 33.8 Å². The molecule has 2 rings (SSSR count). The third-order valence-corrected chi connectivity index (χ3v) is 4.45. The van der Waals surface area contributed by atoms with Crippen LogP contribution in [0.1, 0.15) is 22.3 Å². The van der Waals surface area contributed by atoms with Crippen molar-refractivity contribution in [1.82, 2.24) is 9.80 Å². The van der Waals surface area contributed by atoms with Crippen LogP contribution in [0.15, 0.2) is 22.7 Å². The van der Waals surface area contributed by atoms with Crippen molar-refractivity contribution in [1.29, 1.82) is 0 Å². The maximum Gasteiger partial charge on any atom is 0.253 e. The van der Waals surface area contributed by atoms with Gasteiger partial charge in [0.05, 0.1) is 0 Å². The minimum atomic E-state index is 0.139. The van der Waals surface area contributed by atoms with Gasteiger partial charge >= 0.3 is 0 Å². The Balaban J connectivity index is 2.10. The summed E-state index contributed by atoms with van der Waals surface area (Å²) >= 11 is 3.48. The van der Waals surface area contributed by atoms with Gasteiger partial charge in [0.1, 0.15) is 0 Å². The van der Waals surface area contributed by atoms with Crippen LogP contribution in [0, 0.1) is 6.92 Å². The fourth-order valence-electron chi connectivity index (χ4n) is 2.26. The Morgan fingerprint density at radius 2 is 2.17 bits per heavy atom. The first-order valence-electron chi connectivity index (χ1n) is 6.21. The quantitative estimate of drug-likeness (QED) is 0.838. The average molecular weight is 311 g/mol. The van der Waals surface area contributed by atoms with Gasteiger partial charge in [-0.1, -0.05) is 22.0 Å². The predicted molar refractivity (Wildman–Crippen MR) is 76.9 cm³/mol. The Morgan fingerprint density at radius 1 is 1.44 bits per heavy atom. The summed E-state index contributed by atoms with van der Waals surface area (Å²) in [7, 11) is 4.14. The summed E-state index contributed by atoms with van der Waals surface area (Å²) in [4.78, 5) is 16.5. The van der Waals surface area contributed by atoms with Crippen molar-refractivity contribution in [3.63, 3.8) is 0 Å². The molecular weight excluding hydrogens is 292 g/mol. The van der Waals surface area contributed by atoms with Crippen molar-refractivity contribution in [3.8, 4) is 0 Å². The zero-order valence-electron chi connectivity index (χ0n) is 11.1. The third kappa shape index (κ3) is 2.75. The van der Waals surface area contributed by atoms with E-state index in [1.54, 1.807) is 0 Å². The SMILES string of the molecule is Cc1ccc(C(=O)N2CCC(N(C)C)C2)cc1Br. The number of aryl methyl sites for hydroxylation is 1. The lowest BCUT2D eigenvalue weighted by molar-refractivity contribution is 0.0783. The number of amides is 1. The lowest BCUT2D eigenvalue weighted by atomic mass is 10.1. The van der Waals surface area contributed by atoms with E-state index in [1.165, 1.54) is 0 Å². The number of rotatable bonds is 2. The molecule has 0 bridgehead atoms. The summed E-state index contributed by atoms with van der Waals surface area (Å²) in [6.07, 6.45) is 1.06. The van der Waals surface area contributed by atoms with Gasteiger partial charge in [-0.15, -0.1) is 0 Å². The minimum absolute atomic E-state index is 0.139. The molecule has 4 heteroatoms. The first-order valence-corrected chi connectivity index (χ1v) is 7.00. The largest absolute Gasteiger partial charge is 0.337 e. The normalized spacial score (nSPS) is 19.6. The van der Waals surface area contributed by atoms with Crippen LogP contribution in [-0.2, 0) is 0 Å². The molecular formula is C14H19BrN2O. The Kier molecular flexibility index (Phi) is 4.07. The molecule has 1 heterocycles. The molecule has 0 radical (unpaired) electrons. The van der Waals surface area contributed by atoms with Gasteiger partial charge in [-0.25, -0.2) is 0 Å². The molecule has 0 saturated carbocycles. The fraction of sp³-hybridized carbons (Fsp3) is 0.500. The number of likely N-dealkylation sites (N-methyl/N-ethyl adjacent to an activating group) is 1. The summed E-state index contributed by atoms with van der Waals surface area (Å²) in [5.74, 6) is 0.139. The number of benzene rings is 1. The average Bonchev–Trinajstić information content (AvgIpc) is 2.81. The van der Waals surface area contributed by atoms with E-state index in [1.807, 2.05) is 30.0 Å². The van der Waals surface area contributed by atoms with Crippen molar-refractivity contribution in [2.24, 2.45) is 0 Å². The molecule has 1 saturated heterocycles. The minimum Gasteiger partial charge on any atom is -0.337 e. The monoisotopic (exact) mass is 310 g/mol. The lowest BCUT2D eigenvalue weighted by Gasteiger charge is -2.20. The van der Waals surface area contributed by atoms with Crippen LogP contribution < -0.4 is 0 Å². The lowest BCUT2D eigenvalue weighted by Crippen LogP contribution is -2.34. The molecule has 1 aliphatic rings. The van der Waals surface area contributed by atoms with Crippen LogP contribution in [0.25, 0.3) is 0 Å². The second-order valence-corrected chi connectivity index (χ2v) is 5.98. The van der Waals surface area contributed by atoms with E-state index in [0.29, 0.717) is 6.04 Å². The number of carbonyl (C=O) groups is 1. The van der Waals surface area contributed by atoms with Crippen molar-refractivity contribution in [2.75, 3.05) is 27.2 Å². The van der Waals surface area contributed by atoms with Gasteiger partial charge in [-0.2, -0.15) is 0 Å². The number of hydrogen-bond donors (Lipinski definition) is 0. The van der Waals surface area contributed by atoms with E-state index < -0.39 is 0 Å². The molecule has 98 valence electrons. The standard InChI is InChI=1S/C14H19BrN2O/c1-10-4-5-11(8-13(10)15)14(18)17-7-6-12(9-17)16(2)3/h4-5,8,12H,6-7,9H2,1-3H3. The Morgan fingerprint density at radius 3 is 2.72 bits per heavy atom. The highest BCUT2D eigenvalue weighted by Crippen LogP contribution is 2.21. The number of nitrogens with zero attached hydrogens (tertiary/aromatic N) is 2. The first kappa shape index (κ1) is 13.6. The van der Waals surface area contributed by atoms with Gasteiger partial charge < -0.3 is 9.80 Å². The maximum absolute atomic E-state index is 12.4. The van der Waals surface area contributed by atoms with Crippen LogP contribution in [0.2, 0.25) is 0 Å². The molecule has 0 aromatic heterocycles. The Labute approximate surface area is 117 Å². The van der Waals surface area contributed by atoms with Crippen molar-refractivity contribution in [2.45, 2.75) is 19.4 Å². The van der Waals surface area contributed by atoms with Gasteiger partial charge in [-0.3, -0.25) is 4.79 Å². The van der Waals surface area contributed by atoms with E-state index >= 15 is 0 Å². The summed E-state index contributed by atoms with van der Waals surface area (Å²) in [5.41, 5.74) is 1.92. The molecule has 1 unspecified atom stereocenters. The van der Waals surface area contributed by atoms with Crippen LogP contribution >= 0.6 is 15.9 Å². The van der Waals surface area contributed by atoms with Gasteiger partial charge in [0.25, 0.3) is 5.91 Å². The van der Waals surface area contributed by atoms with E-state index in [0.717, 1.165) is 35.1 Å². The zero-order valence-corrected chi connectivity index (χ0v) is 12.7.